The maximum atomic E-state index is 8.98. The summed E-state index contributed by atoms with van der Waals surface area (Å²) < 4.78 is 0. The first-order chi connectivity index (χ1) is 9.26. The first-order valence-corrected chi connectivity index (χ1v) is 6.44. The summed E-state index contributed by atoms with van der Waals surface area (Å²) in [5.74, 6) is 0.543. The normalized spacial score (nSPS) is 16.2. The molecule has 1 fully saturated rings. The largest absolute Gasteiger partial charge is 0.409 e. The molecule has 0 spiro atoms. The number of amidine groups is 1. The van der Waals surface area contributed by atoms with Crippen LogP contribution in [0.25, 0.3) is 0 Å². The molecule has 0 radical (unpaired) electrons. The first-order valence-electron chi connectivity index (χ1n) is 6.44. The van der Waals surface area contributed by atoms with Crippen LogP contribution < -0.4 is 10.6 Å². The smallest absolute Gasteiger partial charge is 0.226 e. The van der Waals surface area contributed by atoms with Gasteiger partial charge in [0.15, 0.2) is 5.84 Å². The van der Waals surface area contributed by atoms with E-state index in [1.54, 1.807) is 12.3 Å². The molecule has 0 saturated heterocycles. The van der Waals surface area contributed by atoms with Gasteiger partial charge in [-0.3, -0.25) is 0 Å². The van der Waals surface area contributed by atoms with E-state index in [0.717, 1.165) is 12.8 Å². The number of anilines is 1. The molecule has 7 heteroatoms. The van der Waals surface area contributed by atoms with Gasteiger partial charge in [0.05, 0.1) is 0 Å². The molecule has 4 N–H and O–H groups in total. The van der Waals surface area contributed by atoms with Crippen LogP contribution in [0.5, 0.6) is 0 Å². The van der Waals surface area contributed by atoms with Crippen molar-refractivity contribution in [2.45, 2.75) is 31.7 Å². The summed E-state index contributed by atoms with van der Waals surface area (Å²) >= 11 is 0. The quantitative estimate of drug-likeness (QED) is 0.296. The number of aromatic nitrogens is 2. The third kappa shape index (κ3) is 3.11. The third-order valence-corrected chi connectivity index (χ3v) is 3.34. The summed E-state index contributed by atoms with van der Waals surface area (Å²) in [6, 6.07) is 2.03. The summed E-state index contributed by atoms with van der Waals surface area (Å²) in [7, 11) is 0. The van der Waals surface area contributed by atoms with Crippen LogP contribution in [0.2, 0.25) is 0 Å². The Morgan fingerprint density at radius 3 is 2.89 bits per heavy atom. The van der Waals surface area contributed by atoms with Gasteiger partial charge in [0.25, 0.3) is 0 Å². The molecule has 104 valence electrons. The van der Waals surface area contributed by atoms with E-state index in [0.29, 0.717) is 30.6 Å². The lowest BCUT2D eigenvalue weighted by Gasteiger charge is -2.37. The van der Waals surface area contributed by atoms with E-state index in [4.69, 9.17) is 16.0 Å². The van der Waals surface area contributed by atoms with Crippen LogP contribution in [0.1, 0.15) is 31.4 Å². The number of hydrogen-bond acceptors (Lipinski definition) is 6. The fourth-order valence-corrected chi connectivity index (χ4v) is 2.07. The van der Waals surface area contributed by atoms with Gasteiger partial charge in [-0.1, -0.05) is 5.16 Å². The second-order valence-electron chi connectivity index (χ2n) is 4.58. The van der Waals surface area contributed by atoms with Crippen LogP contribution in [0.15, 0.2) is 17.4 Å². The van der Waals surface area contributed by atoms with E-state index >= 15 is 0 Å². The summed E-state index contributed by atoms with van der Waals surface area (Å²) in [6.07, 6.45) is 5.71. The van der Waals surface area contributed by atoms with Crippen molar-refractivity contribution in [2.24, 2.45) is 10.9 Å². The lowest BCUT2D eigenvalue weighted by atomic mass is 9.91. The standard InChI is InChI=1S/C12H19N5O2/c13-11(16-19)10-5-6-14-12(15-10)17(7-2-8-18)9-3-1-4-9/h5-6,9,18-19H,1-4,7-8H2,(H2,13,16). The number of nitrogens with two attached hydrogens (primary N) is 1. The highest BCUT2D eigenvalue weighted by Gasteiger charge is 2.26. The minimum atomic E-state index is -0.0284. The highest BCUT2D eigenvalue weighted by molar-refractivity contribution is 5.95. The van der Waals surface area contributed by atoms with E-state index in [9.17, 15) is 0 Å². The van der Waals surface area contributed by atoms with Gasteiger partial charge in [0.2, 0.25) is 5.95 Å². The molecule has 2 rings (SSSR count). The number of nitrogens with zero attached hydrogens (tertiary/aromatic N) is 4. The highest BCUT2D eigenvalue weighted by atomic mass is 16.4. The summed E-state index contributed by atoms with van der Waals surface area (Å²) in [5.41, 5.74) is 5.94. The molecular weight excluding hydrogens is 246 g/mol. The third-order valence-electron chi connectivity index (χ3n) is 3.34. The molecule has 19 heavy (non-hydrogen) atoms. The van der Waals surface area contributed by atoms with Crippen molar-refractivity contribution >= 4 is 11.8 Å². The van der Waals surface area contributed by atoms with E-state index in [-0.39, 0.29) is 12.4 Å². The molecule has 0 aliphatic heterocycles. The van der Waals surface area contributed by atoms with Crippen molar-refractivity contribution < 1.29 is 10.3 Å². The Hall–Kier alpha value is -1.89. The monoisotopic (exact) mass is 265 g/mol. The van der Waals surface area contributed by atoms with Gasteiger partial charge in [0, 0.05) is 25.4 Å². The van der Waals surface area contributed by atoms with Gasteiger partial charge in [0.1, 0.15) is 5.69 Å². The van der Waals surface area contributed by atoms with Crippen LogP contribution >= 0.6 is 0 Å². The number of oxime groups is 1. The second-order valence-corrected chi connectivity index (χ2v) is 4.58. The Morgan fingerprint density at radius 2 is 2.32 bits per heavy atom. The van der Waals surface area contributed by atoms with Gasteiger partial charge in [-0.05, 0) is 31.7 Å². The van der Waals surface area contributed by atoms with E-state index in [2.05, 4.69) is 20.0 Å². The van der Waals surface area contributed by atoms with Gasteiger partial charge >= 0.3 is 0 Å². The molecule has 0 unspecified atom stereocenters. The Balaban J connectivity index is 2.20. The zero-order valence-corrected chi connectivity index (χ0v) is 10.7. The van der Waals surface area contributed by atoms with Crippen molar-refractivity contribution in [3.63, 3.8) is 0 Å². The maximum absolute atomic E-state index is 8.98. The van der Waals surface area contributed by atoms with E-state index in [1.807, 2.05) is 0 Å². The Morgan fingerprint density at radius 1 is 1.53 bits per heavy atom. The molecule has 0 amide bonds. The molecule has 1 aromatic rings. The van der Waals surface area contributed by atoms with Gasteiger partial charge in [-0.2, -0.15) is 0 Å². The maximum Gasteiger partial charge on any atom is 0.226 e. The van der Waals surface area contributed by atoms with Crippen molar-refractivity contribution in [1.82, 2.24) is 9.97 Å². The number of aliphatic hydroxyl groups is 1. The SMILES string of the molecule is N/C(=N/O)c1ccnc(N(CCCO)C2CCC2)n1. The number of aliphatic hydroxyl groups excluding tert-OH is 1. The van der Waals surface area contributed by atoms with Crippen LogP contribution in [0.4, 0.5) is 5.95 Å². The molecule has 1 aromatic heterocycles. The van der Waals surface area contributed by atoms with Crippen molar-refractivity contribution in [1.29, 1.82) is 0 Å². The molecule has 0 atom stereocenters. The molecule has 1 saturated carbocycles. The Labute approximate surface area is 111 Å². The zero-order chi connectivity index (χ0) is 13.7. The van der Waals surface area contributed by atoms with Crippen molar-refractivity contribution in [3.05, 3.63) is 18.0 Å². The summed E-state index contributed by atoms with van der Waals surface area (Å²) in [4.78, 5) is 10.7. The molecule has 1 aliphatic rings. The molecular formula is C12H19N5O2. The molecule has 0 bridgehead atoms. The van der Waals surface area contributed by atoms with Crippen molar-refractivity contribution in [2.75, 3.05) is 18.1 Å². The van der Waals surface area contributed by atoms with Gasteiger partial charge < -0.3 is 20.9 Å². The molecule has 0 aromatic carbocycles. The number of rotatable bonds is 6. The Bertz CT molecular complexity index is 448. The average molecular weight is 265 g/mol. The topological polar surface area (TPSA) is 108 Å². The van der Waals surface area contributed by atoms with Crippen LogP contribution in [0, 0.1) is 0 Å². The summed E-state index contributed by atoms with van der Waals surface area (Å²) in [5, 5.41) is 20.6. The van der Waals surface area contributed by atoms with Crippen molar-refractivity contribution in [3.8, 4) is 0 Å². The lowest BCUT2D eigenvalue weighted by Crippen LogP contribution is -2.42. The predicted molar refractivity (Wildman–Crippen MR) is 71.2 cm³/mol. The average Bonchev–Trinajstić information content (AvgIpc) is 2.40. The molecule has 1 heterocycles. The second kappa shape index (κ2) is 6.33. The fraction of sp³-hybridized carbons (Fsp3) is 0.583. The molecule has 1 aliphatic carbocycles. The predicted octanol–water partition coefficient (Wildman–Crippen LogP) is 0.312. The van der Waals surface area contributed by atoms with E-state index in [1.165, 1.54) is 6.42 Å². The minimum Gasteiger partial charge on any atom is -0.409 e. The van der Waals surface area contributed by atoms with Gasteiger partial charge in [-0.15, -0.1) is 0 Å². The highest BCUT2D eigenvalue weighted by Crippen LogP contribution is 2.27. The zero-order valence-electron chi connectivity index (χ0n) is 10.7. The fourth-order valence-electron chi connectivity index (χ4n) is 2.07. The van der Waals surface area contributed by atoms with Crippen LogP contribution in [-0.4, -0.2) is 45.3 Å². The van der Waals surface area contributed by atoms with E-state index < -0.39 is 0 Å². The Kier molecular flexibility index (Phi) is 4.51. The van der Waals surface area contributed by atoms with Gasteiger partial charge in [-0.25, -0.2) is 9.97 Å². The lowest BCUT2D eigenvalue weighted by molar-refractivity contribution is 0.282. The number of hydrogen-bond donors (Lipinski definition) is 3. The molecule has 7 nitrogen and oxygen atoms in total. The van der Waals surface area contributed by atoms with Crippen LogP contribution in [0.3, 0.4) is 0 Å². The first kappa shape index (κ1) is 13.5. The minimum absolute atomic E-state index is 0.0284. The van der Waals surface area contributed by atoms with Crippen LogP contribution in [-0.2, 0) is 0 Å². The summed E-state index contributed by atoms with van der Waals surface area (Å²) in [6.45, 7) is 0.851.